The monoisotopic (exact) mass is 345 g/mol. The van der Waals surface area contributed by atoms with Crippen LogP contribution in [0.25, 0.3) is 0 Å². The number of unbranched alkanes of at least 4 members (excludes halogenated alkanes) is 5. The van der Waals surface area contributed by atoms with Gasteiger partial charge in [-0.05, 0) is 19.8 Å². The number of carbonyl (C=O) groups is 1. The van der Waals surface area contributed by atoms with E-state index in [0.29, 0.717) is 12.8 Å². The molecule has 0 heterocycles. The molecule has 0 saturated carbocycles. The number of carboxylic acids is 1. The van der Waals surface area contributed by atoms with Gasteiger partial charge in [0.1, 0.15) is 0 Å². The fraction of sp³-hybridized carbons (Fsp3) is 0.929. The van der Waals surface area contributed by atoms with Crippen molar-refractivity contribution in [1.82, 2.24) is 4.31 Å². The van der Waals surface area contributed by atoms with Crippen LogP contribution in [0, 0.1) is 0 Å². The third-order valence-electron chi connectivity index (χ3n) is 3.33. The molecular formula is C14H28KNO4S. The minimum absolute atomic E-state index is 0. The summed E-state index contributed by atoms with van der Waals surface area (Å²) in [4.78, 5) is 10.9. The van der Waals surface area contributed by atoms with E-state index in [0.717, 1.165) is 30.0 Å². The van der Waals surface area contributed by atoms with Crippen LogP contribution in [0.4, 0.5) is 0 Å². The average Bonchev–Trinajstić information content (AvgIpc) is 2.38. The molecule has 0 rings (SSSR count). The first-order chi connectivity index (χ1) is 9.36. The molecule has 0 aromatic carbocycles. The third-order valence-corrected chi connectivity index (χ3v) is 5.35. The molecule has 0 radical (unpaired) electrons. The maximum Gasteiger partial charge on any atom is 1.00 e. The molecule has 0 fully saturated rings. The van der Waals surface area contributed by atoms with Crippen molar-refractivity contribution >= 4 is 16.0 Å². The summed E-state index contributed by atoms with van der Waals surface area (Å²) in [5.41, 5.74) is 0. The van der Waals surface area contributed by atoms with E-state index in [1.807, 2.05) is 6.92 Å². The van der Waals surface area contributed by atoms with Gasteiger partial charge in [-0.25, -0.2) is 8.42 Å². The van der Waals surface area contributed by atoms with Gasteiger partial charge in [-0.2, -0.15) is 4.31 Å². The zero-order chi connectivity index (χ0) is 15.6. The number of carbonyl (C=O) groups excluding carboxylic acids is 1. The summed E-state index contributed by atoms with van der Waals surface area (Å²) < 4.78 is 25.4. The van der Waals surface area contributed by atoms with Gasteiger partial charge in [0.2, 0.25) is 10.0 Å². The molecule has 120 valence electrons. The average molecular weight is 346 g/mol. The molecule has 0 amide bonds. The van der Waals surface area contributed by atoms with Crippen molar-refractivity contribution in [2.75, 3.05) is 12.3 Å². The molecule has 7 heteroatoms. The molecule has 1 atom stereocenters. The van der Waals surface area contributed by atoms with Gasteiger partial charge in [-0.3, -0.25) is 0 Å². The van der Waals surface area contributed by atoms with Crippen LogP contribution in [0.2, 0.25) is 0 Å². The van der Waals surface area contributed by atoms with E-state index >= 15 is 0 Å². The van der Waals surface area contributed by atoms with Gasteiger partial charge in [0, 0.05) is 6.54 Å². The molecule has 0 aliphatic heterocycles. The minimum Gasteiger partial charge on any atom is -0.548 e. The number of carboxylic acid groups (broad SMARTS) is 1. The largest absolute Gasteiger partial charge is 1.00 e. The number of hydrogen-bond acceptors (Lipinski definition) is 4. The normalized spacial score (nSPS) is 13.0. The quantitative estimate of drug-likeness (QED) is 0.320. The Morgan fingerprint density at radius 3 is 2.05 bits per heavy atom. The molecule has 0 aliphatic carbocycles. The van der Waals surface area contributed by atoms with Crippen LogP contribution >= 0.6 is 0 Å². The summed E-state index contributed by atoms with van der Waals surface area (Å²) in [7, 11) is -3.51. The molecule has 21 heavy (non-hydrogen) atoms. The van der Waals surface area contributed by atoms with Crippen molar-refractivity contribution in [3.8, 4) is 0 Å². The first kappa shape index (κ1) is 24.3. The molecule has 0 saturated heterocycles. The Balaban J connectivity index is 0. The summed E-state index contributed by atoms with van der Waals surface area (Å²) in [6.45, 7) is 5.56. The van der Waals surface area contributed by atoms with Crippen LogP contribution in [-0.2, 0) is 14.8 Å². The summed E-state index contributed by atoms with van der Waals surface area (Å²) in [6, 6.07) is -1.10. The van der Waals surface area contributed by atoms with Crippen molar-refractivity contribution in [1.29, 1.82) is 0 Å². The molecule has 0 unspecified atom stereocenters. The zero-order valence-electron chi connectivity index (χ0n) is 13.9. The summed E-state index contributed by atoms with van der Waals surface area (Å²) in [6.07, 6.45) is 6.55. The fourth-order valence-corrected chi connectivity index (χ4v) is 3.93. The Kier molecular flexibility index (Phi) is 15.6. The first-order valence-corrected chi connectivity index (χ1v) is 9.18. The standard InChI is InChI=1S/C14H29NO4S.K/c1-4-6-7-8-9-10-12-20(18,19)15(11-5-2)13(3)14(16)17;/h13H,4-12H2,1-3H3,(H,16,17);/q;+1/p-1/t13-;/m0./s1. The van der Waals surface area contributed by atoms with E-state index in [1.165, 1.54) is 13.3 Å². The maximum absolute atomic E-state index is 12.2. The van der Waals surface area contributed by atoms with E-state index in [9.17, 15) is 18.3 Å². The Labute approximate surface area is 172 Å². The van der Waals surface area contributed by atoms with Gasteiger partial charge < -0.3 is 9.90 Å². The second-order valence-electron chi connectivity index (χ2n) is 5.19. The van der Waals surface area contributed by atoms with E-state index in [1.54, 1.807) is 0 Å². The molecule has 0 N–H and O–H groups in total. The molecule has 0 aliphatic rings. The van der Waals surface area contributed by atoms with Crippen LogP contribution in [0.15, 0.2) is 0 Å². The predicted octanol–water partition coefficient (Wildman–Crippen LogP) is -1.47. The number of nitrogens with zero attached hydrogens (tertiary/aromatic N) is 1. The van der Waals surface area contributed by atoms with Gasteiger partial charge in [0.05, 0.1) is 17.8 Å². The maximum atomic E-state index is 12.2. The van der Waals surface area contributed by atoms with Crippen LogP contribution < -0.4 is 56.5 Å². The number of aliphatic carboxylic acids is 1. The summed E-state index contributed by atoms with van der Waals surface area (Å²) in [5.74, 6) is -1.32. The fourth-order valence-electron chi connectivity index (χ4n) is 2.09. The van der Waals surface area contributed by atoms with E-state index in [4.69, 9.17) is 0 Å². The predicted molar refractivity (Wildman–Crippen MR) is 78.6 cm³/mol. The van der Waals surface area contributed by atoms with Gasteiger partial charge in [0.25, 0.3) is 0 Å². The second kappa shape index (κ2) is 13.5. The Morgan fingerprint density at radius 1 is 1.05 bits per heavy atom. The number of sulfonamides is 1. The smallest absolute Gasteiger partial charge is 0.548 e. The Bertz CT molecular complexity index is 373. The molecular weight excluding hydrogens is 317 g/mol. The molecule has 0 aromatic heterocycles. The first-order valence-electron chi connectivity index (χ1n) is 7.57. The Morgan fingerprint density at radius 2 is 1.57 bits per heavy atom. The van der Waals surface area contributed by atoms with Crippen molar-refractivity contribution < 1.29 is 69.7 Å². The van der Waals surface area contributed by atoms with E-state index < -0.39 is 22.0 Å². The Hall–Kier alpha value is 1.02. The third kappa shape index (κ3) is 10.4. The van der Waals surface area contributed by atoms with Crippen molar-refractivity contribution in [2.24, 2.45) is 0 Å². The van der Waals surface area contributed by atoms with Crippen LogP contribution in [0.3, 0.4) is 0 Å². The molecule has 0 spiro atoms. The van der Waals surface area contributed by atoms with Crippen molar-refractivity contribution in [2.45, 2.75) is 71.8 Å². The van der Waals surface area contributed by atoms with Gasteiger partial charge in [-0.1, -0.05) is 46.0 Å². The van der Waals surface area contributed by atoms with Crippen molar-refractivity contribution in [3.05, 3.63) is 0 Å². The van der Waals surface area contributed by atoms with Gasteiger partial charge in [-0.15, -0.1) is 0 Å². The van der Waals surface area contributed by atoms with Crippen LogP contribution in [0.1, 0.15) is 65.7 Å². The van der Waals surface area contributed by atoms with Gasteiger partial charge >= 0.3 is 51.4 Å². The molecule has 0 bridgehead atoms. The van der Waals surface area contributed by atoms with Gasteiger partial charge in [0.15, 0.2) is 0 Å². The zero-order valence-corrected chi connectivity index (χ0v) is 17.9. The van der Waals surface area contributed by atoms with Crippen LogP contribution in [-0.4, -0.2) is 37.0 Å². The second-order valence-corrected chi connectivity index (χ2v) is 7.23. The summed E-state index contributed by atoms with van der Waals surface area (Å²) >= 11 is 0. The minimum atomic E-state index is -3.51. The van der Waals surface area contributed by atoms with E-state index in [2.05, 4.69) is 6.92 Å². The van der Waals surface area contributed by atoms with Crippen LogP contribution in [0.5, 0.6) is 0 Å². The van der Waals surface area contributed by atoms with E-state index in [-0.39, 0.29) is 63.7 Å². The number of rotatable bonds is 12. The summed E-state index contributed by atoms with van der Waals surface area (Å²) in [5, 5.41) is 10.9. The molecule has 5 nitrogen and oxygen atoms in total. The number of hydrogen-bond donors (Lipinski definition) is 0. The SMILES string of the molecule is CCCCCCCCS(=O)(=O)N(CCC)[C@@H](C)C(=O)[O-].[K+]. The molecule has 0 aromatic rings. The van der Waals surface area contributed by atoms with Crippen molar-refractivity contribution in [3.63, 3.8) is 0 Å². The topological polar surface area (TPSA) is 77.5 Å².